The van der Waals surface area contributed by atoms with E-state index in [1.165, 1.54) is 18.2 Å². The number of likely N-dealkylation sites (tertiary alicyclic amines) is 1. The highest BCUT2D eigenvalue weighted by Crippen LogP contribution is 2.25. The molecule has 0 radical (unpaired) electrons. The summed E-state index contributed by atoms with van der Waals surface area (Å²) in [4.78, 5) is 40.1. The van der Waals surface area contributed by atoms with Crippen LogP contribution in [-0.4, -0.2) is 59.8 Å². The first kappa shape index (κ1) is 21.9. The fourth-order valence-electron chi connectivity index (χ4n) is 3.82. The first-order valence-electron chi connectivity index (χ1n) is 9.82. The van der Waals surface area contributed by atoms with Crippen LogP contribution in [0.4, 0.5) is 5.69 Å². The number of likely N-dealkylation sites (N-methyl/N-ethyl adjacent to an activating group) is 1. The summed E-state index contributed by atoms with van der Waals surface area (Å²) < 4.78 is 0. The molecule has 3 rings (SSSR count). The maximum Gasteiger partial charge on any atom is 0.272 e. The second-order valence-corrected chi connectivity index (χ2v) is 8.48. The molecule has 2 aromatic rings. The quantitative estimate of drug-likeness (QED) is 0.538. The SMILES string of the molecule is Cc1cc(C(=O)N2CCCC2C(=O)NCC(c2ccsc2)N(C)C)ccc1[N+](=O)[O-]. The van der Waals surface area contributed by atoms with Crippen LogP contribution in [0.2, 0.25) is 0 Å². The minimum absolute atomic E-state index is 0.0228. The van der Waals surface area contributed by atoms with Crippen molar-refractivity contribution in [3.05, 3.63) is 61.8 Å². The molecular weight excluding hydrogens is 404 g/mol. The summed E-state index contributed by atoms with van der Waals surface area (Å²) in [5.74, 6) is -0.436. The van der Waals surface area contributed by atoms with Crippen molar-refractivity contribution in [3.8, 4) is 0 Å². The molecule has 0 spiro atoms. The maximum absolute atomic E-state index is 13.0. The van der Waals surface area contributed by atoms with Gasteiger partial charge in [-0.2, -0.15) is 11.3 Å². The fourth-order valence-corrected chi connectivity index (χ4v) is 4.53. The van der Waals surface area contributed by atoms with Crippen LogP contribution in [0, 0.1) is 17.0 Å². The summed E-state index contributed by atoms with van der Waals surface area (Å²) in [5.41, 5.74) is 1.91. The Morgan fingerprint density at radius 1 is 1.37 bits per heavy atom. The van der Waals surface area contributed by atoms with Gasteiger partial charge in [-0.25, -0.2) is 0 Å². The lowest BCUT2D eigenvalue weighted by molar-refractivity contribution is -0.385. The number of hydrogen-bond acceptors (Lipinski definition) is 6. The molecule has 0 bridgehead atoms. The van der Waals surface area contributed by atoms with E-state index < -0.39 is 11.0 Å². The van der Waals surface area contributed by atoms with Gasteiger partial charge in [0.1, 0.15) is 6.04 Å². The predicted molar refractivity (Wildman–Crippen MR) is 116 cm³/mol. The van der Waals surface area contributed by atoms with Crippen molar-refractivity contribution >= 4 is 28.8 Å². The number of thiophene rings is 1. The van der Waals surface area contributed by atoms with E-state index in [0.717, 1.165) is 12.0 Å². The average molecular weight is 431 g/mol. The van der Waals surface area contributed by atoms with Gasteiger partial charge in [-0.3, -0.25) is 19.7 Å². The third-order valence-electron chi connectivity index (χ3n) is 5.48. The minimum atomic E-state index is -0.529. The van der Waals surface area contributed by atoms with Crippen LogP contribution in [0.3, 0.4) is 0 Å². The molecule has 1 saturated heterocycles. The number of nitrogens with one attached hydrogen (secondary N) is 1. The zero-order chi connectivity index (χ0) is 21.8. The molecule has 30 heavy (non-hydrogen) atoms. The van der Waals surface area contributed by atoms with Crippen molar-refractivity contribution in [2.24, 2.45) is 0 Å². The largest absolute Gasteiger partial charge is 0.352 e. The Hall–Kier alpha value is -2.78. The smallest absolute Gasteiger partial charge is 0.272 e. The van der Waals surface area contributed by atoms with E-state index in [1.54, 1.807) is 23.2 Å². The average Bonchev–Trinajstić information content (AvgIpc) is 3.39. The standard InChI is InChI=1S/C21H26N4O4S/c1-14-11-15(6-7-17(14)25(28)29)21(27)24-9-4-5-18(24)20(26)22-12-19(23(2)3)16-8-10-30-13-16/h6-8,10-11,13,18-19H,4-5,9,12H2,1-3H3,(H,22,26). The Morgan fingerprint density at radius 3 is 2.73 bits per heavy atom. The number of nitrogens with zero attached hydrogens (tertiary/aromatic N) is 3. The second-order valence-electron chi connectivity index (χ2n) is 7.70. The van der Waals surface area contributed by atoms with Crippen LogP contribution in [0.1, 0.15) is 40.4 Å². The highest BCUT2D eigenvalue weighted by molar-refractivity contribution is 7.07. The maximum atomic E-state index is 13.0. The van der Waals surface area contributed by atoms with Gasteiger partial charge in [0.2, 0.25) is 5.91 Å². The molecule has 1 aromatic heterocycles. The Balaban J connectivity index is 1.69. The molecule has 1 aliphatic heterocycles. The number of carbonyl (C=O) groups excluding carboxylic acids is 2. The molecule has 1 fully saturated rings. The molecule has 0 saturated carbocycles. The molecular formula is C21H26N4O4S. The Labute approximate surface area is 179 Å². The van der Waals surface area contributed by atoms with Gasteiger partial charge in [0.05, 0.1) is 11.0 Å². The molecule has 9 heteroatoms. The molecule has 1 aromatic carbocycles. The molecule has 160 valence electrons. The lowest BCUT2D eigenvalue weighted by atomic mass is 10.1. The minimum Gasteiger partial charge on any atom is -0.352 e. The van der Waals surface area contributed by atoms with Crippen molar-refractivity contribution in [1.29, 1.82) is 0 Å². The molecule has 2 atom stereocenters. The summed E-state index contributed by atoms with van der Waals surface area (Å²) in [5, 5.41) is 18.1. The summed E-state index contributed by atoms with van der Waals surface area (Å²) in [6, 6.07) is 5.90. The van der Waals surface area contributed by atoms with Gasteiger partial charge in [0.25, 0.3) is 11.6 Å². The lowest BCUT2D eigenvalue weighted by Crippen LogP contribution is -2.47. The number of rotatable bonds is 7. The van der Waals surface area contributed by atoms with Gasteiger partial charge in [-0.05, 0) is 68.4 Å². The summed E-state index contributed by atoms with van der Waals surface area (Å²) in [6.45, 7) is 2.56. The third-order valence-corrected chi connectivity index (χ3v) is 6.18. The van der Waals surface area contributed by atoms with Crippen molar-refractivity contribution < 1.29 is 14.5 Å². The van der Waals surface area contributed by atoms with E-state index >= 15 is 0 Å². The molecule has 2 unspecified atom stereocenters. The second kappa shape index (κ2) is 9.36. The van der Waals surface area contributed by atoms with E-state index in [1.807, 2.05) is 25.5 Å². The summed E-state index contributed by atoms with van der Waals surface area (Å²) >= 11 is 1.62. The summed E-state index contributed by atoms with van der Waals surface area (Å²) in [7, 11) is 3.94. The topological polar surface area (TPSA) is 95.8 Å². The Bertz CT molecular complexity index is 929. The van der Waals surface area contributed by atoms with Gasteiger partial charge in [-0.1, -0.05) is 0 Å². The number of nitro groups is 1. The van der Waals surface area contributed by atoms with Gasteiger partial charge in [0.15, 0.2) is 0 Å². The molecule has 2 amide bonds. The van der Waals surface area contributed by atoms with Crippen molar-refractivity contribution in [2.75, 3.05) is 27.2 Å². The van der Waals surface area contributed by atoms with E-state index in [2.05, 4.69) is 15.6 Å². The number of benzene rings is 1. The lowest BCUT2D eigenvalue weighted by Gasteiger charge is -2.27. The zero-order valence-electron chi connectivity index (χ0n) is 17.3. The molecule has 1 N–H and O–H groups in total. The van der Waals surface area contributed by atoms with Crippen LogP contribution in [-0.2, 0) is 4.79 Å². The van der Waals surface area contributed by atoms with Crippen LogP contribution in [0.15, 0.2) is 35.0 Å². The van der Waals surface area contributed by atoms with Crippen LogP contribution in [0.25, 0.3) is 0 Å². The van der Waals surface area contributed by atoms with Crippen LogP contribution >= 0.6 is 11.3 Å². The fraction of sp³-hybridized carbons (Fsp3) is 0.429. The monoisotopic (exact) mass is 430 g/mol. The third kappa shape index (κ3) is 4.68. The number of hydrogen-bond donors (Lipinski definition) is 1. The molecule has 1 aliphatic rings. The van der Waals surface area contributed by atoms with E-state index in [9.17, 15) is 19.7 Å². The Morgan fingerprint density at radius 2 is 2.13 bits per heavy atom. The van der Waals surface area contributed by atoms with Gasteiger partial charge in [-0.15, -0.1) is 0 Å². The number of nitro benzene ring substituents is 1. The van der Waals surface area contributed by atoms with Crippen molar-refractivity contribution in [3.63, 3.8) is 0 Å². The molecule has 8 nitrogen and oxygen atoms in total. The molecule has 0 aliphatic carbocycles. The highest BCUT2D eigenvalue weighted by atomic mass is 32.1. The number of amides is 2. The normalized spacial score (nSPS) is 17.2. The zero-order valence-corrected chi connectivity index (χ0v) is 18.1. The van der Waals surface area contributed by atoms with E-state index in [4.69, 9.17) is 0 Å². The number of aryl methyl sites for hydroxylation is 1. The summed E-state index contributed by atoms with van der Waals surface area (Å²) in [6.07, 6.45) is 1.35. The van der Waals surface area contributed by atoms with Crippen LogP contribution < -0.4 is 5.32 Å². The van der Waals surface area contributed by atoms with Gasteiger partial charge >= 0.3 is 0 Å². The van der Waals surface area contributed by atoms with Crippen molar-refractivity contribution in [2.45, 2.75) is 31.8 Å². The Kier molecular flexibility index (Phi) is 6.84. The first-order chi connectivity index (χ1) is 14.3. The van der Waals surface area contributed by atoms with Crippen LogP contribution in [0.5, 0.6) is 0 Å². The number of carbonyl (C=O) groups is 2. The molecule has 2 heterocycles. The highest BCUT2D eigenvalue weighted by Gasteiger charge is 2.35. The van der Waals surface area contributed by atoms with E-state index in [-0.39, 0.29) is 23.5 Å². The van der Waals surface area contributed by atoms with Gasteiger partial charge in [0, 0.05) is 30.3 Å². The van der Waals surface area contributed by atoms with Crippen molar-refractivity contribution in [1.82, 2.24) is 15.1 Å². The van der Waals surface area contributed by atoms with E-state index in [0.29, 0.717) is 30.6 Å². The predicted octanol–water partition coefficient (Wildman–Crippen LogP) is 2.99. The first-order valence-corrected chi connectivity index (χ1v) is 10.8. The van der Waals surface area contributed by atoms with Gasteiger partial charge < -0.3 is 15.1 Å².